The zero-order chi connectivity index (χ0) is 13.7. The second-order valence-corrected chi connectivity index (χ2v) is 6.03. The maximum absolute atomic E-state index is 11.1. The van der Waals surface area contributed by atoms with Crippen LogP contribution in [0.2, 0.25) is 0 Å². The van der Waals surface area contributed by atoms with Gasteiger partial charge in [-0.25, -0.2) is 13.0 Å². The van der Waals surface area contributed by atoms with Gasteiger partial charge in [0.05, 0.1) is 4.90 Å². The van der Waals surface area contributed by atoms with Gasteiger partial charge in [0.1, 0.15) is 0 Å². The molecule has 1 rings (SSSR count). The molecule has 1 aromatic rings. The summed E-state index contributed by atoms with van der Waals surface area (Å²) in [4.78, 5) is 21.7. The van der Waals surface area contributed by atoms with Gasteiger partial charge in [-0.3, -0.25) is 0 Å². The van der Waals surface area contributed by atoms with Crippen LogP contribution in [-0.4, -0.2) is 52.7 Å². The molecule has 1 aromatic carbocycles. The first-order valence-electron chi connectivity index (χ1n) is 4.03. The minimum atomic E-state index is -4.64. The van der Waals surface area contributed by atoms with Crippen LogP contribution in [0.1, 0.15) is 5.56 Å². The molecule has 0 aliphatic carbocycles. The SMILES string of the molecule is Cc1ccc(S(=O)(=O)NCl)cc1.O=P(O)(O)O.[NaH]. The number of nitrogens with one attached hydrogen (secondary N) is 1. The summed E-state index contributed by atoms with van der Waals surface area (Å²) in [5.41, 5.74) is 1.00. The van der Waals surface area contributed by atoms with Crippen molar-refractivity contribution in [1.82, 2.24) is 4.24 Å². The number of phosphoric acid groups is 1. The molecular weight excluding hydrogens is 316 g/mol. The molecule has 0 amide bonds. The molecule has 0 spiro atoms. The maximum atomic E-state index is 11.1. The molecule has 0 bridgehead atoms. The van der Waals surface area contributed by atoms with Crippen LogP contribution in [-0.2, 0) is 14.6 Å². The Morgan fingerprint density at radius 1 is 1.17 bits per heavy atom. The quantitative estimate of drug-likeness (QED) is 0.340. The van der Waals surface area contributed by atoms with Gasteiger partial charge >= 0.3 is 37.4 Å². The molecule has 18 heavy (non-hydrogen) atoms. The Kier molecular flexibility index (Phi) is 10.0. The van der Waals surface area contributed by atoms with Gasteiger partial charge in [0.2, 0.25) is 0 Å². The molecule has 0 saturated carbocycles. The van der Waals surface area contributed by atoms with Crippen molar-refractivity contribution in [3.63, 3.8) is 0 Å². The predicted molar refractivity (Wildman–Crippen MR) is 68.8 cm³/mol. The summed E-state index contributed by atoms with van der Waals surface area (Å²) in [5, 5.41) is 0. The second-order valence-electron chi connectivity index (χ2n) is 2.91. The Labute approximate surface area is 132 Å². The van der Waals surface area contributed by atoms with E-state index >= 15 is 0 Å². The fourth-order valence-electron chi connectivity index (χ4n) is 0.762. The third-order valence-corrected chi connectivity index (χ3v) is 3.14. The molecule has 0 fully saturated rings. The van der Waals surface area contributed by atoms with E-state index in [4.69, 9.17) is 31.0 Å². The number of halogens is 1. The summed E-state index contributed by atoms with van der Waals surface area (Å²) in [6.07, 6.45) is 0. The van der Waals surface area contributed by atoms with Gasteiger partial charge in [-0.2, -0.15) is 0 Å². The van der Waals surface area contributed by atoms with Crippen molar-refractivity contribution < 1.29 is 27.7 Å². The third-order valence-electron chi connectivity index (χ3n) is 1.43. The number of benzene rings is 1. The number of rotatable bonds is 2. The van der Waals surface area contributed by atoms with E-state index in [1.54, 1.807) is 16.4 Å². The molecule has 0 atom stereocenters. The molecule has 0 unspecified atom stereocenters. The van der Waals surface area contributed by atoms with Gasteiger partial charge in [0, 0.05) is 0 Å². The first-order valence-corrected chi connectivity index (χ1v) is 7.46. The minimum absolute atomic E-state index is 0. The molecule has 0 aliphatic rings. The van der Waals surface area contributed by atoms with Crippen LogP contribution in [0, 0.1) is 6.92 Å². The first-order chi connectivity index (χ1) is 7.56. The van der Waals surface area contributed by atoms with E-state index in [0.717, 1.165) is 5.56 Å². The summed E-state index contributed by atoms with van der Waals surface area (Å²) in [6.45, 7) is 1.88. The van der Waals surface area contributed by atoms with Gasteiger partial charge in [-0.05, 0) is 30.8 Å². The molecule has 0 radical (unpaired) electrons. The van der Waals surface area contributed by atoms with Gasteiger partial charge in [-0.15, -0.1) is 4.24 Å². The van der Waals surface area contributed by atoms with Crippen molar-refractivity contribution in [3.05, 3.63) is 29.8 Å². The zero-order valence-corrected chi connectivity index (χ0v) is 11.1. The molecular formula is C7H12ClNNaO6PS. The van der Waals surface area contributed by atoms with E-state index < -0.39 is 17.8 Å². The average molecular weight is 328 g/mol. The van der Waals surface area contributed by atoms with Gasteiger partial charge < -0.3 is 14.7 Å². The monoisotopic (exact) mass is 327 g/mol. The fourth-order valence-corrected chi connectivity index (χ4v) is 1.61. The normalized spacial score (nSPS) is 10.9. The number of aryl methyl sites for hydroxylation is 1. The molecule has 4 N–H and O–H groups in total. The Balaban J connectivity index is 0. The number of hydrogen-bond acceptors (Lipinski definition) is 3. The van der Waals surface area contributed by atoms with E-state index in [1.165, 1.54) is 12.1 Å². The molecule has 0 saturated heterocycles. The third kappa shape index (κ3) is 10.5. The van der Waals surface area contributed by atoms with Crippen LogP contribution in [0.3, 0.4) is 0 Å². The Hall–Kier alpha value is 0.530. The van der Waals surface area contributed by atoms with Crippen LogP contribution in [0.5, 0.6) is 0 Å². The Morgan fingerprint density at radius 3 is 1.78 bits per heavy atom. The van der Waals surface area contributed by atoms with E-state index in [0.29, 0.717) is 0 Å². The van der Waals surface area contributed by atoms with Crippen molar-refractivity contribution in [1.29, 1.82) is 0 Å². The van der Waals surface area contributed by atoms with Crippen LogP contribution < -0.4 is 4.24 Å². The van der Waals surface area contributed by atoms with Crippen molar-refractivity contribution in [2.24, 2.45) is 0 Å². The van der Waals surface area contributed by atoms with E-state index in [9.17, 15) is 8.42 Å². The number of hydrogen-bond donors (Lipinski definition) is 4. The summed E-state index contributed by atoms with van der Waals surface area (Å²) in [6, 6.07) is 6.42. The van der Waals surface area contributed by atoms with E-state index in [2.05, 4.69) is 0 Å². The van der Waals surface area contributed by atoms with Gasteiger partial charge in [0.15, 0.2) is 0 Å². The van der Waals surface area contributed by atoms with Crippen molar-refractivity contribution in [2.75, 3.05) is 0 Å². The summed E-state index contributed by atoms with van der Waals surface area (Å²) >= 11 is 5.03. The molecule has 7 nitrogen and oxygen atoms in total. The van der Waals surface area contributed by atoms with Gasteiger partial charge in [0.25, 0.3) is 10.0 Å². The summed E-state index contributed by atoms with van der Waals surface area (Å²) in [5.74, 6) is 0. The van der Waals surface area contributed by atoms with E-state index in [-0.39, 0.29) is 34.5 Å². The van der Waals surface area contributed by atoms with Gasteiger partial charge in [-0.1, -0.05) is 17.7 Å². The Morgan fingerprint density at radius 2 is 1.50 bits per heavy atom. The van der Waals surface area contributed by atoms with Crippen LogP contribution in [0.4, 0.5) is 0 Å². The predicted octanol–water partition coefficient (Wildman–Crippen LogP) is -0.150. The first kappa shape index (κ1) is 20.8. The Bertz CT molecular complexity index is 493. The van der Waals surface area contributed by atoms with Crippen molar-refractivity contribution in [2.45, 2.75) is 11.8 Å². The zero-order valence-electron chi connectivity index (χ0n) is 8.61. The molecule has 0 aliphatic heterocycles. The van der Waals surface area contributed by atoms with E-state index in [1.807, 2.05) is 6.92 Å². The molecule has 0 aromatic heterocycles. The fraction of sp³-hybridized carbons (Fsp3) is 0.143. The van der Waals surface area contributed by atoms with Crippen LogP contribution in [0.15, 0.2) is 29.2 Å². The van der Waals surface area contributed by atoms with Crippen molar-refractivity contribution in [3.8, 4) is 0 Å². The second kappa shape index (κ2) is 8.65. The molecule has 0 heterocycles. The standard InChI is InChI=1S/C7H8ClNO2S.Na.H3O4P.H/c1-6-2-4-7(5-3-6)12(10,11)9-8;;1-5(2,3)4;/h2-5,9H,1H3;;(H3,1,2,3,4);. The van der Waals surface area contributed by atoms with Crippen LogP contribution >= 0.6 is 19.6 Å². The average Bonchev–Trinajstić information content (AvgIpc) is 2.16. The summed E-state index contributed by atoms with van der Waals surface area (Å²) < 4.78 is 32.7. The van der Waals surface area contributed by atoms with Crippen molar-refractivity contribution >= 4 is 59.2 Å². The summed E-state index contributed by atoms with van der Waals surface area (Å²) in [7, 11) is -8.14. The van der Waals surface area contributed by atoms with Crippen LogP contribution in [0.25, 0.3) is 0 Å². The number of sulfonamides is 1. The molecule has 11 heteroatoms. The molecule has 100 valence electrons. The topological polar surface area (TPSA) is 124 Å².